The summed E-state index contributed by atoms with van der Waals surface area (Å²) in [6.45, 7) is 1.92. The van der Waals surface area contributed by atoms with E-state index < -0.39 is 5.91 Å². The summed E-state index contributed by atoms with van der Waals surface area (Å²) in [6, 6.07) is 8.75. The minimum absolute atomic E-state index is 0.178. The molecule has 1 heterocycles. The zero-order valence-electron chi connectivity index (χ0n) is 9.16. The number of benzene rings is 1. The van der Waals surface area contributed by atoms with Gasteiger partial charge in [0.2, 0.25) is 0 Å². The minimum Gasteiger partial charge on any atom is -0.451 e. The highest BCUT2D eigenvalue weighted by Crippen LogP contribution is 2.27. The lowest BCUT2D eigenvalue weighted by molar-refractivity contribution is 0.0927. The molecule has 4 nitrogen and oxygen atoms in total. The van der Waals surface area contributed by atoms with Crippen molar-refractivity contribution in [3.8, 4) is 11.3 Å². The van der Waals surface area contributed by atoms with E-state index in [1.807, 2.05) is 24.5 Å². The quantitative estimate of drug-likeness (QED) is 0.489. The second-order valence-corrected chi connectivity index (χ2v) is 4.03. The van der Waals surface area contributed by atoms with Crippen LogP contribution in [0.15, 0.2) is 34.7 Å². The average molecular weight is 251 g/mol. The Balaban J connectivity index is 2.40. The Labute approximate surface area is 103 Å². The van der Waals surface area contributed by atoms with Crippen LogP contribution in [-0.4, -0.2) is 5.91 Å². The number of amides is 1. The Kier molecular flexibility index (Phi) is 3.17. The van der Waals surface area contributed by atoms with Gasteiger partial charge in [0.05, 0.1) is 0 Å². The first-order chi connectivity index (χ1) is 8.11. The zero-order chi connectivity index (χ0) is 12.4. The molecule has 0 saturated carbocycles. The lowest BCUT2D eigenvalue weighted by Gasteiger charge is -2.02. The maximum Gasteiger partial charge on any atom is 0.300 e. The lowest BCUT2D eigenvalue weighted by Crippen LogP contribution is -2.29. The monoisotopic (exact) mass is 250 g/mol. The SMILES string of the molecule is Cc1cc(Cl)ccc1-c1ccc(C(=O)NN)o1. The van der Waals surface area contributed by atoms with Crippen molar-refractivity contribution in [1.29, 1.82) is 0 Å². The highest BCUT2D eigenvalue weighted by molar-refractivity contribution is 6.30. The molecule has 0 aliphatic heterocycles. The van der Waals surface area contributed by atoms with E-state index in [0.717, 1.165) is 11.1 Å². The lowest BCUT2D eigenvalue weighted by atomic mass is 10.1. The number of hydrazine groups is 1. The summed E-state index contributed by atoms with van der Waals surface area (Å²) in [5.74, 6) is 5.36. The molecule has 0 bridgehead atoms. The number of nitrogens with one attached hydrogen (secondary N) is 1. The van der Waals surface area contributed by atoms with E-state index in [1.165, 1.54) is 0 Å². The first kappa shape index (κ1) is 11.7. The molecule has 1 aromatic carbocycles. The molecule has 0 aliphatic rings. The third-order valence-electron chi connectivity index (χ3n) is 2.41. The number of furan rings is 1. The average Bonchev–Trinajstić information content (AvgIpc) is 2.77. The van der Waals surface area contributed by atoms with Crippen LogP contribution >= 0.6 is 11.6 Å². The second kappa shape index (κ2) is 4.61. The number of nitrogen functional groups attached to an aromatic ring is 1. The molecule has 17 heavy (non-hydrogen) atoms. The van der Waals surface area contributed by atoms with E-state index >= 15 is 0 Å². The van der Waals surface area contributed by atoms with Gasteiger partial charge in [-0.25, -0.2) is 5.84 Å². The molecule has 1 amide bonds. The van der Waals surface area contributed by atoms with Crippen LogP contribution in [0, 0.1) is 6.92 Å². The van der Waals surface area contributed by atoms with E-state index in [2.05, 4.69) is 0 Å². The van der Waals surface area contributed by atoms with Crippen molar-refractivity contribution in [2.45, 2.75) is 6.92 Å². The van der Waals surface area contributed by atoms with Gasteiger partial charge < -0.3 is 4.42 Å². The van der Waals surface area contributed by atoms with Gasteiger partial charge in [-0.2, -0.15) is 0 Å². The van der Waals surface area contributed by atoms with Gasteiger partial charge in [0, 0.05) is 10.6 Å². The standard InChI is InChI=1S/C12H11ClN2O2/c1-7-6-8(13)2-3-9(7)10-4-5-11(17-10)12(16)15-14/h2-6H,14H2,1H3,(H,15,16). The highest BCUT2D eigenvalue weighted by atomic mass is 35.5. The summed E-state index contributed by atoms with van der Waals surface area (Å²) in [7, 11) is 0. The van der Waals surface area contributed by atoms with Crippen LogP contribution in [-0.2, 0) is 0 Å². The van der Waals surface area contributed by atoms with E-state index in [4.69, 9.17) is 21.9 Å². The van der Waals surface area contributed by atoms with Gasteiger partial charge in [-0.15, -0.1) is 0 Å². The maximum absolute atomic E-state index is 11.2. The van der Waals surface area contributed by atoms with Crippen LogP contribution in [0.1, 0.15) is 16.1 Å². The molecule has 2 rings (SSSR count). The fourth-order valence-electron chi connectivity index (χ4n) is 1.58. The van der Waals surface area contributed by atoms with Crippen molar-refractivity contribution in [2.24, 2.45) is 5.84 Å². The van der Waals surface area contributed by atoms with Crippen LogP contribution in [0.25, 0.3) is 11.3 Å². The fraction of sp³-hybridized carbons (Fsp3) is 0.0833. The van der Waals surface area contributed by atoms with Gasteiger partial charge in [-0.1, -0.05) is 11.6 Å². The number of carbonyl (C=O) groups excluding carboxylic acids is 1. The topological polar surface area (TPSA) is 68.3 Å². The summed E-state index contributed by atoms with van der Waals surface area (Å²) in [5.41, 5.74) is 3.89. The summed E-state index contributed by atoms with van der Waals surface area (Å²) in [6.07, 6.45) is 0. The normalized spacial score (nSPS) is 10.3. The molecule has 0 saturated heterocycles. The molecule has 0 fully saturated rings. The number of hydrogen-bond donors (Lipinski definition) is 2. The first-order valence-corrected chi connectivity index (χ1v) is 5.37. The summed E-state index contributed by atoms with van der Waals surface area (Å²) in [5, 5.41) is 0.665. The van der Waals surface area contributed by atoms with Crippen LogP contribution in [0.2, 0.25) is 5.02 Å². The number of carbonyl (C=O) groups is 1. The van der Waals surface area contributed by atoms with Crippen molar-refractivity contribution in [3.05, 3.63) is 46.7 Å². The van der Waals surface area contributed by atoms with Crippen molar-refractivity contribution < 1.29 is 9.21 Å². The molecular weight excluding hydrogens is 240 g/mol. The Hall–Kier alpha value is -1.78. The molecule has 3 N–H and O–H groups in total. The zero-order valence-corrected chi connectivity index (χ0v) is 9.91. The van der Waals surface area contributed by atoms with Crippen molar-refractivity contribution in [1.82, 2.24) is 5.43 Å². The summed E-state index contributed by atoms with van der Waals surface area (Å²) >= 11 is 5.87. The molecule has 5 heteroatoms. The molecular formula is C12H11ClN2O2. The third-order valence-corrected chi connectivity index (χ3v) is 2.65. The van der Waals surface area contributed by atoms with E-state index in [9.17, 15) is 4.79 Å². The number of nitrogens with two attached hydrogens (primary N) is 1. The van der Waals surface area contributed by atoms with Crippen molar-refractivity contribution in [3.63, 3.8) is 0 Å². The molecule has 2 aromatic rings. The van der Waals surface area contributed by atoms with Gasteiger partial charge in [-0.3, -0.25) is 10.2 Å². The Bertz CT molecular complexity index is 563. The van der Waals surface area contributed by atoms with Crippen molar-refractivity contribution in [2.75, 3.05) is 0 Å². The minimum atomic E-state index is -0.456. The van der Waals surface area contributed by atoms with Gasteiger partial charge in [0.15, 0.2) is 5.76 Å². The Morgan fingerprint density at radius 3 is 2.76 bits per heavy atom. The smallest absolute Gasteiger partial charge is 0.300 e. The van der Waals surface area contributed by atoms with E-state index in [-0.39, 0.29) is 5.76 Å². The highest BCUT2D eigenvalue weighted by Gasteiger charge is 2.12. The molecule has 1 aromatic heterocycles. The molecule has 88 valence electrons. The Morgan fingerprint density at radius 2 is 2.12 bits per heavy atom. The molecule has 0 atom stereocenters. The number of hydrogen-bond acceptors (Lipinski definition) is 3. The third kappa shape index (κ3) is 2.33. The number of halogens is 1. The molecule has 0 unspecified atom stereocenters. The second-order valence-electron chi connectivity index (χ2n) is 3.60. The fourth-order valence-corrected chi connectivity index (χ4v) is 1.81. The van der Waals surface area contributed by atoms with Crippen LogP contribution < -0.4 is 11.3 Å². The van der Waals surface area contributed by atoms with Crippen molar-refractivity contribution >= 4 is 17.5 Å². The largest absolute Gasteiger partial charge is 0.451 e. The van der Waals surface area contributed by atoms with Gasteiger partial charge in [-0.05, 0) is 42.8 Å². The predicted octanol–water partition coefficient (Wildman–Crippen LogP) is 2.51. The first-order valence-electron chi connectivity index (χ1n) is 4.99. The molecule has 0 aliphatic carbocycles. The summed E-state index contributed by atoms with van der Waals surface area (Å²) in [4.78, 5) is 11.2. The number of rotatable bonds is 2. The summed E-state index contributed by atoms with van der Waals surface area (Å²) < 4.78 is 5.41. The van der Waals surface area contributed by atoms with Crippen LogP contribution in [0.5, 0.6) is 0 Å². The predicted molar refractivity (Wildman–Crippen MR) is 65.5 cm³/mol. The molecule has 0 radical (unpaired) electrons. The van der Waals surface area contributed by atoms with Crippen LogP contribution in [0.3, 0.4) is 0 Å². The van der Waals surface area contributed by atoms with Gasteiger partial charge in [0.1, 0.15) is 5.76 Å². The Morgan fingerprint density at radius 1 is 1.35 bits per heavy atom. The molecule has 0 spiro atoms. The van der Waals surface area contributed by atoms with Gasteiger partial charge in [0.25, 0.3) is 0 Å². The maximum atomic E-state index is 11.2. The van der Waals surface area contributed by atoms with E-state index in [1.54, 1.807) is 18.2 Å². The number of aryl methyl sites for hydroxylation is 1. The van der Waals surface area contributed by atoms with Crippen LogP contribution in [0.4, 0.5) is 0 Å². The van der Waals surface area contributed by atoms with E-state index in [0.29, 0.717) is 10.8 Å². The van der Waals surface area contributed by atoms with Gasteiger partial charge >= 0.3 is 5.91 Å².